The van der Waals surface area contributed by atoms with E-state index in [0.29, 0.717) is 11.7 Å². The number of aromatic nitrogens is 2. The minimum Gasteiger partial charge on any atom is -0.364 e. The van der Waals surface area contributed by atoms with Gasteiger partial charge in [0.1, 0.15) is 5.15 Å². The molecule has 0 radical (unpaired) electrons. The Hall–Kier alpha value is -1.83. The topological polar surface area (TPSA) is 62.1 Å². The molecular weight excluding hydrogens is 366 g/mol. The van der Waals surface area contributed by atoms with Crippen molar-refractivity contribution in [3.63, 3.8) is 0 Å². The summed E-state index contributed by atoms with van der Waals surface area (Å²) in [6, 6.07) is 6.00. The van der Waals surface area contributed by atoms with Crippen molar-refractivity contribution >= 4 is 28.7 Å². The molecule has 2 aromatic heterocycles. The van der Waals surface area contributed by atoms with Crippen LogP contribution in [0.5, 0.6) is 0 Å². The number of amides is 1. The van der Waals surface area contributed by atoms with Crippen LogP contribution in [0.2, 0.25) is 5.15 Å². The maximum absolute atomic E-state index is 12.8. The number of ether oxygens (including phenoxy) is 1. The zero-order valence-electron chi connectivity index (χ0n) is 15.8. The van der Waals surface area contributed by atoms with Crippen molar-refractivity contribution in [1.29, 1.82) is 0 Å². The van der Waals surface area contributed by atoms with Gasteiger partial charge in [-0.1, -0.05) is 11.6 Å². The first-order valence-corrected chi connectivity index (χ1v) is 9.90. The molecule has 0 saturated carbocycles. The van der Waals surface area contributed by atoms with Crippen molar-refractivity contribution < 1.29 is 9.53 Å². The third-order valence-corrected chi connectivity index (χ3v) is 5.73. The molecule has 2 aliphatic rings. The van der Waals surface area contributed by atoms with E-state index in [9.17, 15) is 4.79 Å². The first-order chi connectivity index (χ1) is 13.0. The molecule has 146 valence electrons. The summed E-state index contributed by atoms with van der Waals surface area (Å²) in [6.07, 6.45) is 3.19. The lowest BCUT2D eigenvalue weighted by molar-refractivity contribution is -0.138. The van der Waals surface area contributed by atoms with Gasteiger partial charge in [0.25, 0.3) is 5.91 Å². The Morgan fingerprint density at radius 2 is 2.04 bits per heavy atom. The molecule has 2 unspecified atom stereocenters. The molecule has 4 rings (SSSR count). The number of rotatable bonds is 3. The van der Waals surface area contributed by atoms with Gasteiger partial charge in [0.15, 0.2) is 6.10 Å². The Kier molecular flexibility index (Phi) is 5.25. The fraction of sp³-hybridized carbons (Fsp3) is 0.579. The summed E-state index contributed by atoms with van der Waals surface area (Å²) in [6.45, 7) is 5.28. The zero-order chi connectivity index (χ0) is 19.0. The molecule has 1 amide bonds. The second-order valence-corrected chi connectivity index (χ2v) is 7.98. The van der Waals surface area contributed by atoms with Crippen LogP contribution in [0, 0.1) is 0 Å². The third kappa shape index (κ3) is 3.90. The monoisotopic (exact) mass is 391 g/mol. The van der Waals surface area contributed by atoms with Gasteiger partial charge in [0, 0.05) is 12.6 Å². The number of halogens is 1. The molecule has 2 fully saturated rings. The summed E-state index contributed by atoms with van der Waals surface area (Å²) in [4.78, 5) is 17.3. The number of pyridine rings is 1. The molecule has 0 aromatic carbocycles. The molecule has 2 aliphatic heterocycles. The van der Waals surface area contributed by atoms with Gasteiger partial charge < -0.3 is 19.9 Å². The Morgan fingerprint density at radius 1 is 1.26 bits per heavy atom. The van der Waals surface area contributed by atoms with Gasteiger partial charge >= 0.3 is 0 Å². The maximum Gasteiger partial charge on any atom is 0.251 e. The molecule has 0 aliphatic carbocycles. The number of likely N-dealkylation sites (tertiary alicyclic amines) is 1. The highest BCUT2D eigenvalue weighted by molar-refractivity contribution is 6.29. The van der Waals surface area contributed by atoms with Crippen LogP contribution in [0.1, 0.15) is 19.8 Å². The SMILES string of the molecule is CC1CN(c2ccc(Cl)n3nccc23)CC(C(=O)NC2CCN(C)CC2)O1. The predicted molar refractivity (Wildman–Crippen MR) is 105 cm³/mol. The Morgan fingerprint density at radius 3 is 2.81 bits per heavy atom. The van der Waals surface area contributed by atoms with Gasteiger partial charge in [0.05, 0.1) is 30.0 Å². The molecule has 27 heavy (non-hydrogen) atoms. The van der Waals surface area contributed by atoms with Crippen molar-refractivity contribution in [3.05, 3.63) is 29.5 Å². The van der Waals surface area contributed by atoms with Crippen molar-refractivity contribution in [2.45, 2.75) is 38.0 Å². The Balaban J connectivity index is 1.48. The highest BCUT2D eigenvalue weighted by Gasteiger charge is 2.32. The largest absolute Gasteiger partial charge is 0.364 e. The molecular formula is C19H26ClN5O2. The van der Waals surface area contributed by atoms with Crippen LogP contribution in [0.4, 0.5) is 5.69 Å². The number of nitrogens with zero attached hydrogens (tertiary/aromatic N) is 4. The van der Waals surface area contributed by atoms with Gasteiger partial charge in [-0.05, 0) is 58.1 Å². The van der Waals surface area contributed by atoms with Crippen LogP contribution in [-0.2, 0) is 9.53 Å². The lowest BCUT2D eigenvalue weighted by Gasteiger charge is -2.38. The van der Waals surface area contributed by atoms with Crippen LogP contribution in [0.3, 0.4) is 0 Å². The molecule has 1 N–H and O–H groups in total. The van der Waals surface area contributed by atoms with Gasteiger partial charge in [-0.25, -0.2) is 4.52 Å². The minimum absolute atomic E-state index is 0.0143. The van der Waals surface area contributed by atoms with Gasteiger partial charge in [-0.3, -0.25) is 4.79 Å². The quantitative estimate of drug-likeness (QED) is 0.808. The Labute approximate surface area is 164 Å². The summed E-state index contributed by atoms with van der Waals surface area (Å²) >= 11 is 6.23. The van der Waals surface area contributed by atoms with Gasteiger partial charge in [-0.15, -0.1) is 0 Å². The first-order valence-electron chi connectivity index (χ1n) is 9.53. The molecule has 2 saturated heterocycles. The van der Waals surface area contributed by atoms with Crippen molar-refractivity contribution in [2.75, 3.05) is 38.1 Å². The first kappa shape index (κ1) is 18.5. The van der Waals surface area contributed by atoms with Crippen molar-refractivity contribution in [2.24, 2.45) is 0 Å². The minimum atomic E-state index is -0.480. The number of piperidine rings is 1. The second kappa shape index (κ2) is 7.66. The van der Waals surface area contributed by atoms with E-state index in [1.165, 1.54) is 0 Å². The maximum atomic E-state index is 12.8. The number of morpholine rings is 1. The van der Waals surface area contributed by atoms with Gasteiger partial charge in [-0.2, -0.15) is 5.10 Å². The molecule has 2 atom stereocenters. The van der Waals surface area contributed by atoms with Crippen LogP contribution in [-0.4, -0.2) is 71.9 Å². The average Bonchev–Trinajstić information content (AvgIpc) is 3.14. The fourth-order valence-electron chi connectivity index (χ4n) is 3.98. The van der Waals surface area contributed by atoms with E-state index in [2.05, 4.69) is 27.3 Å². The Bertz CT molecular complexity index is 818. The molecule has 4 heterocycles. The number of hydrogen-bond acceptors (Lipinski definition) is 5. The number of carbonyl (C=O) groups is 1. The van der Waals surface area contributed by atoms with E-state index in [-0.39, 0.29) is 18.1 Å². The number of fused-ring (bicyclic) bond motifs is 1. The molecule has 0 bridgehead atoms. The van der Waals surface area contributed by atoms with E-state index in [0.717, 1.165) is 43.7 Å². The van der Waals surface area contributed by atoms with Crippen molar-refractivity contribution in [1.82, 2.24) is 19.8 Å². The highest BCUT2D eigenvalue weighted by atomic mass is 35.5. The highest BCUT2D eigenvalue weighted by Crippen LogP contribution is 2.28. The lowest BCUT2D eigenvalue weighted by atomic mass is 10.0. The molecule has 8 heteroatoms. The summed E-state index contributed by atoms with van der Waals surface area (Å²) < 4.78 is 7.68. The van der Waals surface area contributed by atoms with E-state index >= 15 is 0 Å². The molecule has 0 spiro atoms. The third-order valence-electron chi connectivity index (χ3n) is 5.44. The predicted octanol–water partition coefficient (Wildman–Crippen LogP) is 1.79. The van der Waals surface area contributed by atoms with Gasteiger partial charge in [0.2, 0.25) is 0 Å². The van der Waals surface area contributed by atoms with Crippen LogP contribution in [0.15, 0.2) is 24.4 Å². The summed E-state index contributed by atoms with van der Waals surface area (Å²) in [5.74, 6) is -0.0143. The standard InChI is InChI=1S/C19H26ClN5O2/c1-13-11-24(15-3-4-18(20)25-16(15)5-8-21-25)12-17(27-13)19(26)22-14-6-9-23(2)10-7-14/h3-5,8,13-14,17H,6-7,9-12H2,1-2H3,(H,22,26). The van der Waals surface area contributed by atoms with Crippen LogP contribution >= 0.6 is 11.6 Å². The number of hydrogen-bond donors (Lipinski definition) is 1. The molecule has 2 aromatic rings. The normalized spacial score (nSPS) is 25.1. The van der Waals surface area contributed by atoms with Crippen LogP contribution < -0.4 is 10.2 Å². The summed E-state index contributed by atoms with van der Waals surface area (Å²) in [5, 5.41) is 8.03. The molecule has 7 nitrogen and oxygen atoms in total. The summed E-state index contributed by atoms with van der Waals surface area (Å²) in [7, 11) is 2.12. The van der Waals surface area contributed by atoms with Crippen LogP contribution in [0.25, 0.3) is 5.52 Å². The second-order valence-electron chi connectivity index (χ2n) is 7.60. The van der Waals surface area contributed by atoms with E-state index in [1.54, 1.807) is 10.7 Å². The smallest absolute Gasteiger partial charge is 0.251 e. The van der Waals surface area contributed by atoms with E-state index in [1.807, 2.05) is 25.1 Å². The summed E-state index contributed by atoms with van der Waals surface area (Å²) in [5.41, 5.74) is 1.95. The fourth-order valence-corrected chi connectivity index (χ4v) is 4.18. The van der Waals surface area contributed by atoms with E-state index < -0.39 is 6.10 Å². The zero-order valence-corrected chi connectivity index (χ0v) is 16.5. The lowest BCUT2D eigenvalue weighted by Crippen LogP contribution is -2.55. The number of anilines is 1. The number of carbonyl (C=O) groups excluding carboxylic acids is 1. The van der Waals surface area contributed by atoms with Crippen molar-refractivity contribution in [3.8, 4) is 0 Å². The van der Waals surface area contributed by atoms with E-state index in [4.69, 9.17) is 16.3 Å². The average molecular weight is 392 g/mol. The number of nitrogens with one attached hydrogen (secondary N) is 1.